The summed E-state index contributed by atoms with van der Waals surface area (Å²) >= 11 is 0. The van der Waals surface area contributed by atoms with E-state index in [-0.39, 0.29) is 0 Å². The largest absolute Gasteiger partial charge is 0.314 e. The van der Waals surface area contributed by atoms with Crippen LogP contribution < -0.4 is 5.32 Å². The van der Waals surface area contributed by atoms with Gasteiger partial charge in [-0.15, -0.1) is 0 Å². The molecule has 2 heteroatoms. The summed E-state index contributed by atoms with van der Waals surface area (Å²) in [6.07, 6.45) is 5.71. The fraction of sp³-hybridized carbons (Fsp3) is 0.900. The van der Waals surface area contributed by atoms with E-state index in [9.17, 15) is 0 Å². The van der Waals surface area contributed by atoms with Gasteiger partial charge in [-0.05, 0) is 45.1 Å². The van der Waals surface area contributed by atoms with Crippen molar-refractivity contribution < 1.29 is 0 Å². The van der Waals surface area contributed by atoms with Gasteiger partial charge < -0.3 is 5.32 Å². The number of hydrogen-bond acceptors (Lipinski definition) is 2. The first-order valence-corrected chi connectivity index (χ1v) is 4.95. The average Bonchev–Trinajstić information content (AvgIpc) is 2.86. The highest BCUT2D eigenvalue weighted by atomic mass is 14.9. The first kappa shape index (κ1) is 9.54. The van der Waals surface area contributed by atoms with E-state index in [1.165, 1.54) is 12.8 Å². The maximum absolute atomic E-state index is 8.30. The summed E-state index contributed by atoms with van der Waals surface area (Å²) in [6, 6.07) is 2.86. The quantitative estimate of drug-likeness (QED) is 0.613. The van der Waals surface area contributed by atoms with Crippen molar-refractivity contribution in [3.8, 4) is 6.07 Å². The maximum Gasteiger partial charge on any atom is 0.0621 e. The second kappa shape index (κ2) is 5.16. The Morgan fingerprint density at radius 1 is 1.50 bits per heavy atom. The number of nitriles is 1. The lowest BCUT2D eigenvalue weighted by Crippen LogP contribution is -2.28. The Bertz CT molecular complexity index is 156. The predicted molar refractivity (Wildman–Crippen MR) is 49.7 cm³/mol. The van der Waals surface area contributed by atoms with Crippen molar-refractivity contribution in [3.63, 3.8) is 0 Å². The van der Waals surface area contributed by atoms with E-state index >= 15 is 0 Å². The summed E-state index contributed by atoms with van der Waals surface area (Å²) in [6.45, 7) is 3.35. The number of nitrogens with one attached hydrogen (secondary N) is 1. The van der Waals surface area contributed by atoms with Crippen LogP contribution in [0.3, 0.4) is 0 Å². The molecular formula is C10H18N2. The molecule has 0 saturated heterocycles. The molecule has 1 rings (SSSR count). The van der Waals surface area contributed by atoms with E-state index in [1.54, 1.807) is 0 Å². The van der Waals surface area contributed by atoms with Gasteiger partial charge in [0.15, 0.2) is 0 Å². The highest BCUT2D eigenvalue weighted by Crippen LogP contribution is 2.32. The van der Waals surface area contributed by atoms with Crippen molar-refractivity contribution in [1.82, 2.24) is 5.32 Å². The summed E-state index contributed by atoms with van der Waals surface area (Å²) in [4.78, 5) is 0. The van der Waals surface area contributed by atoms with Crippen LogP contribution in [0, 0.1) is 17.2 Å². The van der Waals surface area contributed by atoms with E-state index in [1.807, 2.05) is 0 Å². The third-order valence-corrected chi connectivity index (χ3v) is 2.51. The third kappa shape index (κ3) is 3.73. The molecular weight excluding hydrogens is 148 g/mol. The van der Waals surface area contributed by atoms with Gasteiger partial charge in [-0.25, -0.2) is 0 Å². The minimum Gasteiger partial charge on any atom is -0.314 e. The first-order chi connectivity index (χ1) is 5.84. The van der Waals surface area contributed by atoms with E-state index in [0.29, 0.717) is 12.5 Å². The summed E-state index contributed by atoms with van der Waals surface area (Å²) in [7, 11) is 0. The molecule has 0 radical (unpaired) electrons. The van der Waals surface area contributed by atoms with Crippen LogP contribution in [0.1, 0.15) is 39.0 Å². The molecule has 1 aliphatic rings. The van der Waals surface area contributed by atoms with Crippen molar-refractivity contribution in [2.45, 2.75) is 45.1 Å². The summed E-state index contributed by atoms with van der Waals surface area (Å²) in [5.74, 6) is 0.945. The smallest absolute Gasteiger partial charge is 0.0621 e. The van der Waals surface area contributed by atoms with Crippen LogP contribution in [0.15, 0.2) is 0 Å². The van der Waals surface area contributed by atoms with Gasteiger partial charge in [-0.1, -0.05) is 0 Å². The van der Waals surface area contributed by atoms with E-state index < -0.39 is 0 Å². The Kier molecular flexibility index (Phi) is 4.10. The zero-order chi connectivity index (χ0) is 8.81. The van der Waals surface area contributed by atoms with Gasteiger partial charge in [-0.2, -0.15) is 5.26 Å². The molecule has 1 N–H and O–H groups in total. The molecule has 0 aromatic heterocycles. The fourth-order valence-electron chi connectivity index (χ4n) is 1.42. The zero-order valence-electron chi connectivity index (χ0n) is 7.84. The Balaban J connectivity index is 1.85. The van der Waals surface area contributed by atoms with Crippen LogP contribution in [-0.4, -0.2) is 12.6 Å². The van der Waals surface area contributed by atoms with E-state index in [2.05, 4.69) is 18.3 Å². The topological polar surface area (TPSA) is 35.8 Å². The van der Waals surface area contributed by atoms with Gasteiger partial charge in [0.1, 0.15) is 0 Å². The fourth-order valence-corrected chi connectivity index (χ4v) is 1.42. The molecule has 1 atom stereocenters. The Labute approximate surface area is 75.0 Å². The number of hydrogen-bond donors (Lipinski definition) is 1. The minimum atomic E-state index is 0.701. The van der Waals surface area contributed by atoms with Crippen molar-refractivity contribution >= 4 is 0 Å². The van der Waals surface area contributed by atoms with Gasteiger partial charge in [-0.3, -0.25) is 0 Å². The summed E-state index contributed by atoms with van der Waals surface area (Å²) in [5.41, 5.74) is 0. The van der Waals surface area contributed by atoms with Crippen LogP contribution >= 0.6 is 0 Å². The van der Waals surface area contributed by atoms with Crippen molar-refractivity contribution in [3.05, 3.63) is 0 Å². The summed E-state index contributed by atoms with van der Waals surface area (Å²) < 4.78 is 0. The van der Waals surface area contributed by atoms with Gasteiger partial charge in [0.25, 0.3) is 0 Å². The lowest BCUT2D eigenvalue weighted by atomic mass is 10.2. The van der Waals surface area contributed by atoms with Crippen LogP contribution in [0.2, 0.25) is 0 Å². The SMILES string of the molecule is CC(NCCCCC#N)C1CC1. The lowest BCUT2D eigenvalue weighted by Gasteiger charge is -2.11. The monoisotopic (exact) mass is 166 g/mol. The molecule has 68 valence electrons. The molecule has 12 heavy (non-hydrogen) atoms. The van der Waals surface area contributed by atoms with E-state index in [4.69, 9.17) is 5.26 Å². The average molecular weight is 166 g/mol. The molecule has 0 aliphatic heterocycles. The highest BCUT2D eigenvalue weighted by Gasteiger charge is 2.26. The van der Waals surface area contributed by atoms with Crippen molar-refractivity contribution in [1.29, 1.82) is 5.26 Å². The molecule has 1 fully saturated rings. The van der Waals surface area contributed by atoms with Crippen LogP contribution in [0.5, 0.6) is 0 Å². The predicted octanol–water partition coefficient (Wildman–Crippen LogP) is 2.07. The molecule has 1 unspecified atom stereocenters. The Morgan fingerprint density at radius 2 is 2.25 bits per heavy atom. The highest BCUT2D eigenvalue weighted by molar-refractivity contribution is 4.83. The molecule has 0 aromatic rings. The summed E-state index contributed by atoms with van der Waals surface area (Å²) in [5, 5.41) is 11.8. The molecule has 1 aliphatic carbocycles. The van der Waals surface area contributed by atoms with Crippen LogP contribution in [0.4, 0.5) is 0 Å². The molecule has 1 saturated carbocycles. The molecule has 0 heterocycles. The molecule has 0 bridgehead atoms. The van der Waals surface area contributed by atoms with Crippen LogP contribution in [-0.2, 0) is 0 Å². The van der Waals surface area contributed by atoms with Crippen LogP contribution in [0.25, 0.3) is 0 Å². The third-order valence-electron chi connectivity index (χ3n) is 2.51. The van der Waals surface area contributed by atoms with Gasteiger partial charge in [0.05, 0.1) is 6.07 Å². The standard InChI is InChI=1S/C10H18N2/c1-9(10-5-6-10)12-8-4-2-3-7-11/h9-10,12H,2-6,8H2,1H3. The van der Waals surface area contributed by atoms with Gasteiger partial charge in [0.2, 0.25) is 0 Å². The maximum atomic E-state index is 8.30. The second-order valence-corrected chi connectivity index (χ2v) is 3.70. The number of unbranched alkanes of at least 4 members (excludes halogenated alkanes) is 2. The van der Waals surface area contributed by atoms with Crippen molar-refractivity contribution in [2.75, 3.05) is 6.54 Å². The molecule has 0 spiro atoms. The molecule has 0 amide bonds. The minimum absolute atomic E-state index is 0.701. The Hall–Kier alpha value is -0.550. The second-order valence-electron chi connectivity index (χ2n) is 3.70. The zero-order valence-corrected chi connectivity index (χ0v) is 7.84. The lowest BCUT2D eigenvalue weighted by molar-refractivity contribution is 0.485. The number of nitrogens with zero attached hydrogens (tertiary/aromatic N) is 1. The van der Waals surface area contributed by atoms with Gasteiger partial charge in [0, 0.05) is 12.5 Å². The first-order valence-electron chi connectivity index (χ1n) is 4.95. The number of rotatable bonds is 6. The van der Waals surface area contributed by atoms with Crippen molar-refractivity contribution in [2.24, 2.45) is 5.92 Å². The van der Waals surface area contributed by atoms with E-state index in [0.717, 1.165) is 25.3 Å². The van der Waals surface area contributed by atoms with Gasteiger partial charge >= 0.3 is 0 Å². The molecule has 2 nitrogen and oxygen atoms in total. The Morgan fingerprint density at radius 3 is 2.83 bits per heavy atom. The molecule has 0 aromatic carbocycles. The normalized spacial score (nSPS) is 18.7.